The Morgan fingerprint density at radius 2 is 1.89 bits per heavy atom. The van der Waals surface area contributed by atoms with Gasteiger partial charge in [-0.2, -0.15) is 0 Å². The number of carbonyl (C=O) groups is 1. The average Bonchev–Trinajstić information content (AvgIpc) is 3.21. The Kier molecular flexibility index (Phi) is 4.04. The molecule has 1 saturated heterocycles. The number of halogens is 1. The molecule has 0 spiro atoms. The van der Waals surface area contributed by atoms with Crippen molar-refractivity contribution in [3.8, 4) is 11.4 Å². The fourth-order valence-electron chi connectivity index (χ4n) is 4.25. The Morgan fingerprint density at radius 1 is 1.07 bits per heavy atom. The molecule has 2 aliphatic heterocycles. The molecule has 7 heteroatoms. The molecule has 3 aromatic rings. The summed E-state index contributed by atoms with van der Waals surface area (Å²) in [4.78, 5) is 19.4. The molecule has 136 valence electrons. The van der Waals surface area contributed by atoms with Crippen LogP contribution in [0.25, 0.3) is 11.4 Å². The molecule has 6 nitrogen and oxygen atoms in total. The molecule has 0 unspecified atom stereocenters. The first-order valence-electron chi connectivity index (χ1n) is 9.11. The lowest BCUT2D eigenvalue weighted by atomic mass is 10.1. The van der Waals surface area contributed by atoms with Crippen molar-refractivity contribution in [2.24, 2.45) is 0 Å². The van der Waals surface area contributed by atoms with Crippen molar-refractivity contribution in [2.75, 3.05) is 0 Å². The van der Waals surface area contributed by atoms with Crippen molar-refractivity contribution in [1.29, 1.82) is 0 Å². The van der Waals surface area contributed by atoms with E-state index in [0.717, 1.165) is 47.5 Å². The van der Waals surface area contributed by atoms with Crippen LogP contribution in [0.15, 0.2) is 53.3 Å². The number of aromatic nitrogens is 4. The molecular weight excluding hydrogens is 406 g/mol. The van der Waals surface area contributed by atoms with Crippen molar-refractivity contribution in [1.82, 2.24) is 24.6 Å². The molecule has 1 fully saturated rings. The first kappa shape index (κ1) is 16.6. The van der Waals surface area contributed by atoms with E-state index in [0.29, 0.717) is 5.56 Å². The van der Waals surface area contributed by atoms with E-state index in [1.807, 2.05) is 29.2 Å². The second kappa shape index (κ2) is 6.56. The largest absolute Gasteiger partial charge is 0.330 e. The van der Waals surface area contributed by atoms with Crippen LogP contribution in [-0.2, 0) is 13.0 Å². The van der Waals surface area contributed by atoms with Crippen molar-refractivity contribution in [2.45, 2.75) is 37.9 Å². The fraction of sp³-hybridized carbons (Fsp3) is 0.300. The summed E-state index contributed by atoms with van der Waals surface area (Å²) in [6.45, 7) is 0.732. The third kappa shape index (κ3) is 2.86. The summed E-state index contributed by atoms with van der Waals surface area (Å²) in [5.74, 6) is 1.90. The van der Waals surface area contributed by atoms with Crippen LogP contribution in [0.2, 0.25) is 0 Å². The molecule has 4 heterocycles. The Hall–Kier alpha value is -2.54. The van der Waals surface area contributed by atoms with E-state index < -0.39 is 0 Å². The topological polar surface area (TPSA) is 63.9 Å². The van der Waals surface area contributed by atoms with Gasteiger partial charge in [0, 0.05) is 41.4 Å². The van der Waals surface area contributed by atoms with Crippen LogP contribution in [0.3, 0.4) is 0 Å². The number of benzene rings is 1. The molecule has 2 bridgehead atoms. The second-order valence-corrected chi connectivity index (χ2v) is 8.03. The van der Waals surface area contributed by atoms with Crippen LogP contribution < -0.4 is 0 Å². The predicted molar refractivity (Wildman–Crippen MR) is 104 cm³/mol. The summed E-state index contributed by atoms with van der Waals surface area (Å²) in [7, 11) is 0. The minimum Gasteiger partial charge on any atom is -0.330 e. The highest BCUT2D eigenvalue weighted by molar-refractivity contribution is 9.10. The Labute approximate surface area is 165 Å². The van der Waals surface area contributed by atoms with E-state index in [1.54, 1.807) is 12.4 Å². The molecule has 1 aromatic carbocycles. The molecule has 2 aliphatic rings. The summed E-state index contributed by atoms with van der Waals surface area (Å²) < 4.78 is 3.01. The van der Waals surface area contributed by atoms with E-state index in [4.69, 9.17) is 0 Å². The normalized spacial score (nSPS) is 21.0. The maximum absolute atomic E-state index is 13.2. The molecule has 2 atom stereocenters. The van der Waals surface area contributed by atoms with Gasteiger partial charge in [-0.05, 0) is 34.8 Å². The molecule has 0 N–H and O–H groups in total. The summed E-state index contributed by atoms with van der Waals surface area (Å²) in [5, 5.41) is 8.89. The molecule has 2 aromatic heterocycles. The molecule has 1 amide bonds. The summed E-state index contributed by atoms with van der Waals surface area (Å²) in [5.41, 5.74) is 1.69. The average molecular weight is 424 g/mol. The van der Waals surface area contributed by atoms with Gasteiger partial charge in [0.15, 0.2) is 5.82 Å². The van der Waals surface area contributed by atoms with Crippen molar-refractivity contribution < 1.29 is 4.79 Å². The van der Waals surface area contributed by atoms with Gasteiger partial charge in [0.25, 0.3) is 5.91 Å². The third-order valence-corrected chi connectivity index (χ3v) is 5.91. The van der Waals surface area contributed by atoms with Gasteiger partial charge in [-0.25, -0.2) is 0 Å². The summed E-state index contributed by atoms with van der Waals surface area (Å²) in [6.07, 6.45) is 6.09. The van der Waals surface area contributed by atoms with Gasteiger partial charge >= 0.3 is 0 Å². The molecule has 27 heavy (non-hydrogen) atoms. The van der Waals surface area contributed by atoms with Crippen LogP contribution >= 0.6 is 15.9 Å². The smallest absolute Gasteiger partial charge is 0.256 e. The highest BCUT2D eigenvalue weighted by atomic mass is 79.9. The summed E-state index contributed by atoms with van der Waals surface area (Å²) in [6, 6.07) is 12.3. The summed E-state index contributed by atoms with van der Waals surface area (Å²) >= 11 is 3.41. The van der Waals surface area contributed by atoms with Gasteiger partial charge in [-0.15, -0.1) is 10.2 Å². The first-order chi connectivity index (χ1) is 13.2. The SMILES string of the molecule is O=C(c1cncc(Br)c1)N1[C@@H]2CC[C@H]1Cc1nnc(-c3ccccc3)n1C2. The Balaban J connectivity index is 1.49. The molecule has 5 rings (SSSR count). The number of pyridine rings is 1. The number of fused-ring (bicyclic) bond motifs is 3. The number of amides is 1. The number of hydrogen-bond acceptors (Lipinski definition) is 4. The van der Waals surface area contributed by atoms with Crippen molar-refractivity contribution in [3.63, 3.8) is 0 Å². The van der Waals surface area contributed by atoms with Gasteiger partial charge in [-0.1, -0.05) is 30.3 Å². The van der Waals surface area contributed by atoms with Gasteiger partial charge < -0.3 is 9.47 Å². The number of nitrogens with zero attached hydrogens (tertiary/aromatic N) is 5. The lowest BCUT2D eigenvalue weighted by Crippen LogP contribution is -2.42. The van der Waals surface area contributed by atoms with Crippen molar-refractivity contribution in [3.05, 3.63) is 64.7 Å². The van der Waals surface area contributed by atoms with Crippen LogP contribution in [0.5, 0.6) is 0 Å². The minimum atomic E-state index is 0.0521. The van der Waals surface area contributed by atoms with E-state index in [9.17, 15) is 4.79 Å². The zero-order chi connectivity index (χ0) is 18.4. The zero-order valence-electron chi connectivity index (χ0n) is 14.6. The Morgan fingerprint density at radius 3 is 2.70 bits per heavy atom. The molecule has 0 saturated carbocycles. The van der Waals surface area contributed by atoms with Crippen LogP contribution in [0.1, 0.15) is 29.0 Å². The second-order valence-electron chi connectivity index (χ2n) is 7.11. The predicted octanol–water partition coefficient (Wildman–Crippen LogP) is 3.33. The molecular formula is C20H18BrN5O. The van der Waals surface area contributed by atoms with E-state index in [-0.39, 0.29) is 18.0 Å². The molecule has 0 aliphatic carbocycles. The van der Waals surface area contributed by atoms with E-state index in [2.05, 4.69) is 47.8 Å². The van der Waals surface area contributed by atoms with Gasteiger partial charge in [0.05, 0.1) is 11.6 Å². The number of hydrogen-bond donors (Lipinski definition) is 0. The quantitative estimate of drug-likeness (QED) is 0.633. The van der Waals surface area contributed by atoms with Gasteiger partial charge in [0.2, 0.25) is 0 Å². The monoisotopic (exact) mass is 423 g/mol. The minimum absolute atomic E-state index is 0.0521. The first-order valence-corrected chi connectivity index (χ1v) is 9.91. The maximum Gasteiger partial charge on any atom is 0.256 e. The van der Waals surface area contributed by atoms with E-state index in [1.165, 1.54) is 0 Å². The molecule has 0 radical (unpaired) electrons. The van der Waals surface area contributed by atoms with Crippen LogP contribution in [0, 0.1) is 0 Å². The van der Waals surface area contributed by atoms with Gasteiger partial charge in [0.1, 0.15) is 5.82 Å². The van der Waals surface area contributed by atoms with Crippen LogP contribution in [-0.4, -0.2) is 42.6 Å². The van der Waals surface area contributed by atoms with E-state index >= 15 is 0 Å². The highest BCUT2D eigenvalue weighted by Gasteiger charge is 2.41. The number of carbonyl (C=O) groups excluding carboxylic acids is 1. The lowest BCUT2D eigenvalue weighted by Gasteiger charge is -2.28. The Bertz CT molecular complexity index is 1000. The highest BCUT2D eigenvalue weighted by Crippen LogP contribution is 2.34. The zero-order valence-corrected chi connectivity index (χ0v) is 16.2. The fourth-order valence-corrected chi connectivity index (χ4v) is 4.62. The van der Waals surface area contributed by atoms with Gasteiger partial charge in [-0.3, -0.25) is 9.78 Å². The third-order valence-electron chi connectivity index (χ3n) is 5.48. The lowest BCUT2D eigenvalue weighted by molar-refractivity contribution is 0.0665. The number of rotatable bonds is 2. The standard InChI is InChI=1S/C20H18BrN5O/c21-15-8-14(10-22-11-15)20(27)26-16-6-7-17(26)12-25-18(9-16)23-24-19(25)13-4-2-1-3-5-13/h1-5,8,10-11,16-17H,6-7,9,12H2/t16-,17+/m0/s1. The van der Waals surface area contributed by atoms with Crippen LogP contribution in [0.4, 0.5) is 0 Å². The van der Waals surface area contributed by atoms with Crippen molar-refractivity contribution >= 4 is 21.8 Å². The maximum atomic E-state index is 13.2.